The first-order chi connectivity index (χ1) is 16.3. The minimum atomic E-state index is -3.69. The van der Waals surface area contributed by atoms with Gasteiger partial charge in [0, 0.05) is 24.7 Å². The van der Waals surface area contributed by atoms with E-state index in [4.69, 9.17) is 9.47 Å². The van der Waals surface area contributed by atoms with Crippen molar-refractivity contribution in [1.82, 2.24) is 4.31 Å². The number of ether oxygens (including phenoxy) is 2. The van der Waals surface area contributed by atoms with Gasteiger partial charge in [-0.05, 0) is 85.6 Å². The molecule has 1 aliphatic heterocycles. The van der Waals surface area contributed by atoms with Gasteiger partial charge in [-0.3, -0.25) is 4.79 Å². The molecule has 3 aromatic rings. The lowest BCUT2D eigenvalue weighted by molar-refractivity contribution is -0.120. The van der Waals surface area contributed by atoms with Crippen LogP contribution in [0.15, 0.2) is 77.7 Å². The summed E-state index contributed by atoms with van der Waals surface area (Å²) in [5.74, 6) is 0.959. The topological polar surface area (TPSA) is 84.9 Å². The Morgan fingerprint density at radius 2 is 1.41 bits per heavy atom. The maximum absolute atomic E-state index is 13.1. The zero-order valence-electron chi connectivity index (χ0n) is 18.6. The minimum absolute atomic E-state index is 0.170. The third-order valence-electron chi connectivity index (χ3n) is 5.69. The summed E-state index contributed by atoms with van der Waals surface area (Å²) < 4.78 is 51.4. The van der Waals surface area contributed by atoms with Crippen molar-refractivity contribution < 1.29 is 27.1 Å². The Labute approximate surface area is 198 Å². The maximum Gasteiger partial charge on any atom is 0.243 e. The largest absolute Gasteiger partial charge is 0.497 e. The highest BCUT2D eigenvalue weighted by molar-refractivity contribution is 7.89. The molecular weight excluding hydrogens is 459 g/mol. The van der Waals surface area contributed by atoms with Gasteiger partial charge in [0.2, 0.25) is 15.9 Å². The normalized spacial score (nSPS) is 15.0. The summed E-state index contributed by atoms with van der Waals surface area (Å²) in [5.41, 5.74) is 0.512. The Balaban J connectivity index is 1.34. The quantitative estimate of drug-likeness (QED) is 0.527. The lowest BCUT2D eigenvalue weighted by Gasteiger charge is -2.30. The zero-order valence-corrected chi connectivity index (χ0v) is 19.4. The van der Waals surface area contributed by atoms with E-state index in [1.165, 1.54) is 40.7 Å². The Morgan fingerprint density at radius 1 is 0.882 bits per heavy atom. The highest BCUT2D eigenvalue weighted by Gasteiger charge is 2.32. The summed E-state index contributed by atoms with van der Waals surface area (Å²) in [6.07, 6.45) is 0.815. The van der Waals surface area contributed by atoms with E-state index >= 15 is 0 Å². The van der Waals surface area contributed by atoms with Crippen LogP contribution in [0.3, 0.4) is 0 Å². The summed E-state index contributed by atoms with van der Waals surface area (Å²) in [4.78, 5) is 12.7. The molecule has 1 aliphatic rings. The number of amides is 1. The molecule has 1 amide bonds. The van der Waals surface area contributed by atoms with E-state index in [-0.39, 0.29) is 35.6 Å². The fourth-order valence-electron chi connectivity index (χ4n) is 3.74. The van der Waals surface area contributed by atoms with Crippen LogP contribution in [0.1, 0.15) is 12.8 Å². The number of halogens is 1. The van der Waals surface area contributed by atoms with Gasteiger partial charge in [-0.15, -0.1) is 0 Å². The molecule has 0 unspecified atom stereocenters. The molecule has 7 nitrogen and oxygen atoms in total. The van der Waals surface area contributed by atoms with Crippen molar-refractivity contribution in [3.05, 3.63) is 78.6 Å². The van der Waals surface area contributed by atoms with Crippen LogP contribution in [0, 0.1) is 11.7 Å². The number of hydrogen-bond acceptors (Lipinski definition) is 5. The molecular formula is C25H25FN2O5S. The van der Waals surface area contributed by atoms with Gasteiger partial charge in [0.05, 0.1) is 12.0 Å². The van der Waals surface area contributed by atoms with Gasteiger partial charge in [0.25, 0.3) is 0 Å². The van der Waals surface area contributed by atoms with Gasteiger partial charge < -0.3 is 14.8 Å². The molecule has 0 spiro atoms. The average Bonchev–Trinajstić information content (AvgIpc) is 2.86. The van der Waals surface area contributed by atoms with Gasteiger partial charge in [0.15, 0.2) is 0 Å². The van der Waals surface area contributed by atoms with E-state index in [0.29, 0.717) is 35.8 Å². The molecule has 1 heterocycles. The second-order valence-electron chi connectivity index (χ2n) is 7.92. The van der Waals surface area contributed by atoms with E-state index < -0.39 is 10.0 Å². The van der Waals surface area contributed by atoms with Crippen molar-refractivity contribution in [2.75, 3.05) is 25.5 Å². The number of carbonyl (C=O) groups excluding carboxylic acids is 1. The SMILES string of the molecule is COc1ccc(Oc2ccc(S(=O)(=O)N3CCC(C(=O)Nc4ccc(F)cc4)CC3)cc2)cc1. The van der Waals surface area contributed by atoms with Gasteiger partial charge in [-0.1, -0.05) is 0 Å². The van der Waals surface area contributed by atoms with Crippen LogP contribution in [-0.4, -0.2) is 38.8 Å². The summed E-state index contributed by atoms with van der Waals surface area (Å²) in [5, 5.41) is 2.76. The molecule has 0 bridgehead atoms. The smallest absolute Gasteiger partial charge is 0.243 e. The third kappa shape index (κ3) is 5.55. The zero-order chi connectivity index (χ0) is 24.1. The van der Waals surface area contributed by atoms with Crippen LogP contribution in [0.2, 0.25) is 0 Å². The van der Waals surface area contributed by atoms with Crippen molar-refractivity contribution in [3.63, 3.8) is 0 Å². The van der Waals surface area contributed by atoms with Crippen molar-refractivity contribution in [2.24, 2.45) is 5.92 Å². The molecule has 1 N–H and O–H groups in total. The Kier molecular flexibility index (Phi) is 7.14. The summed E-state index contributed by atoms with van der Waals surface area (Å²) >= 11 is 0. The molecule has 178 valence electrons. The highest BCUT2D eigenvalue weighted by atomic mass is 32.2. The fraction of sp³-hybridized carbons (Fsp3) is 0.240. The van der Waals surface area contributed by atoms with Crippen LogP contribution in [0.5, 0.6) is 17.2 Å². The highest BCUT2D eigenvalue weighted by Crippen LogP contribution is 2.28. The van der Waals surface area contributed by atoms with Crippen LogP contribution in [0.25, 0.3) is 0 Å². The third-order valence-corrected chi connectivity index (χ3v) is 7.61. The second-order valence-corrected chi connectivity index (χ2v) is 9.86. The Bertz CT molecular complexity index is 1220. The molecule has 0 aromatic heterocycles. The Hall–Kier alpha value is -3.43. The molecule has 1 saturated heterocycles. The van der Waals surface area contributed by atoms with Crippen molar-refractivity contribution in [2.45, 2.75) is 17.7 Å². The summed E-state index contributed by atoms with van der Waals surface area (Å²) in [6, 6.07) is 18.9. The number of sulfonamides is 1. The lowest BCUT2D eigenvalue weighted by Crippen LogP contribution is -2.41. The molecule has 0 saturated carbocycles. The molecule has 1 fully saturated rings. The lowest BCUT2D eigenvalue weighted by atomic mass is 9.97. The molecule has 0 atom stereocenters. The number of hydrogen-bond donors (Lipinski definition) is 1. The first-order valence-corrected chi connectivity index (χ1v) is 12.3. The number of rotatable bonds is 7. The average molecular weight is 485 g/mol. The van der Waals surface area contributed by atoms with Crippen molar-refractivity contribution in [3.8, 4) is 17.2 Å². The van der Waals surface area contributed by atoms with Gasteiger partial charge in [-0.25, -0.2) is 12.8 Å². The number of anilines is 1. The van der Waals surface area contributed by atoms with Gasteiger partial charge in [0.1, 0.15) is 23.1 Å². The number of carbonyl (C=O) groups is 1. The summed E-state index contributed by atoms with van der Waals surface area (Å²) in [6.45, 7) is 0.488. The maximum atomic E-state index is 13.1. The first-order valence-electron chi connectivity index (χ1n) is 10.8. The van der Waals surface area contributed by atoms with Crippen molar-refractivity contribution >= 4 is 21.6 Å². The van der Waals surface area contributed by atoms with E-state index in [0.717, 1.165) is 0 Å². The number of nitrogens with zero attached hydrogens (tertiary/aromatic N) is 1. The van der Waals surface area contributed by atoms with Gasteiger partial charge >= 0.3 is 0 Å². The van der Waals surface area contributed by atoms with Crippen molar-refractivity contribution in [1.29, 1.82) is 0 Å². The molecule has 0 aliphatic carbocycles. The van der Waals surface area contributed by atoms with E-state index in [1.807, 2.05) is 0 Å². The van der Waals surface area contributed by atoms with Gasteiger partial charge in [-0.2, -0.15) is 4.31 Å². The minimum Gasteiger partial charge on any atom is -0.497 e. The van der Waals surface area contributed by atoms with Crippen LogP contribution in [0.4, 0.5) is 10.1 Å². The monoisotopic (exact) mass is 484 g/mol. The standard InChI is InChI=1S/C25H25FN2O5S/c1-32-21-6-8-22(9-7-21)33-23-10-12-24(13-11-23)34(30,31)28-16-14-18(15-17-28)25(29)27-20-4-2-19(26)3-5-20/h2-13,18H,14-17H2,1H3,(H,27,29). The van der Waals surface area contributed by atoms with E-state index in [2.05, 4.69) is 5.32 Å². The molecule has 4 rings (SSSR count). The fourth-order valence-corrected chi connectivity index (χ4v) is 5.21. The van der Waals surface area contributed by atoms with E-state index in [9.17, 15) is 17.6 Å². The van der Waals surface area contributed by atoms with Crippen LogP contribution in [-0.2, 0) is 14.8 Å². The number of piperidine rings is 1. The summed E-state index contributed by atoms with van der Waals surface area (Å²) in [7, 11) is -2.10. The predicted molar refractivity (Wildman–Crippen MR) is 126 cm³/mol. The van der Waals surface area contributed by atoms with Crippen LogP contribution >= 0.6 is 0 Å². The Morgan fingerprint density at radius 3 is 1.97 bits per heavy atom. The molecule has 0 radical (unpaired) electrons. The predicted octanol–water partition coefficient (Wildman–Crippen LogP) is 4.67. The molecule has 9 heteroatoms. The number of nitrogens with one attached hydrogen (secondary N) is 1. The van der Waals surface area contributed by atoms with E-state index in [1.54, 1.807) is 43.5 Å². The first kappa shape index (κ1) is 23.7. The van der Waals surface area contributed by atoms with Crippen LogP contribution < -0.4 is 14.8 Å². The number of methoxy groups -OCH3 is 1. The molecule has 34 heavy (non-hydrogen) atoms. The second kappa shape index (κ2) is 10.2. The molecule has 3 aromatic carbocycles. The number of benzene rings is 3.